The van der Waals surface area contributed by atoms with E-state index in [0.29, 0.717) is 57.9 Å². The van der Waals surface area contributed by atoms with Crippen LogP contribution in [0, 0.1) is 12.4 Å². The van der Waals surface area contributed by atoms with Crippen LogP contribution < -0.4 is 9.64 Å². The van der Waals surface area contributed by atoms with Gasteiger partial charge in [-0.05, 0) is 58.0 Å². The minimum Gasteiger partial charge on any atom is -0.462 e. The Hall–Kier alpha value is -3.59. The number of fused-ring (bicyclic) bond motifs is 3. The fourth-order valence-electron chi connectivity index (χ4n) is 7.55. The molecule has 1 aromatic carbocycles. The van der Waals surface area contributed by atoms with Crippen molar-refractivity contribution in [2.24, 2.45) is 0 Å². The molecule has 0 N–H and O–H groups in total. The lowest BCUT2D eigenvalue weighted by Crippen LogP contribution is -2.57. The zero-order valence-electron chi connectivity index (χ0n) is 26.0. The number of benzene rings is 1. The molecule has 2 fully saturated rings. The molecule has 6 rings (SSSR count). The van der Waals surface area contributed by atoms with E-state index in [1.807, 2.05) is 6.07 Å². The topological polar surface area (TPSA) is 78.6 Å². The molecule has 3 aliphatic heterocycles. The van der Waals surface area contributed by atoms with Crippen molar-refractivity contribution in [2.75, 3.05) is 72.0 Å². The van der Waals surface area contributed by atoms with Gasteiger partial charge in [0.2, 0.25) is 12.5 Å². The second kappa shape index (κ2) is 12.8. The van der Waals surface area contributed by atoms with Crippen LogP contribution in [0.15, 0.2) is 30.4 Å². The fraction of sp³-hybridized carbons (Fsp3) is 0.576. The smallest absolute Gasteiger partial charge is 0.318 e. The number of likely N-dealkylation sites (tertiary alicyclic amines) is 1. The third-order valence-electron chi connectivity index (χ3n) is 9.98. The lowest BCUT2D eigenvalue weighted by Gasteiger charge is -2.46. The fourth-order valence-corrected chi connectivity index (χ4v) is 7.55. The van der Waals surface area contributed by atoms with E-state index >= 15 is 4.39 Å². The van der Waals surface area contributed by atoms with Crippen LogP contribution in [0.2, 0.25) is 0 Å². The van der Waals surface area contributed by atoms with Gasteiger partial charge in [0.25, 0.3) is 0 Å². The summed E-state index contributed by atoms with van der Waals surface area (Å²) < 4.78 is 26.8. The summed E-state index contributed by atoms with van der Waals surface area (Å²) in [4.78, 5) is 35.2. The molecule has 1 unspecified atom stereocenters. The highest BCUT2D eigenvalue weighted by molar-refractivity contribution is 5.88. The SMILES string of the molecule is [C-]#[N+]C[C@H]1CN(c2nc(OC[C@@H]3CCCN3C)nc3c2CN(C)C2(CCc4cccc(F)c42)C3)CCN1C(=O)/C=C/COC. The standard InChI is InChI=1S/C33H42FN7O3/c1-35-19-25-20-40(15-16-41(25)29(42)11-7-17-43-4)31-26-21-39(3)33(13-12-23-8-5-10-27(34)30(23)33)18-28(26)36-32(37-31)44-22-24-9-6-14-38(24)2/h5,7-8,10-11,24-25H,6,9,12-22H2,2-4H3/b11-7+/t24-,25-,33?/m0/s1. The lowest BCUT2D eigenvalue weighted by atomic mass is 9.80. The van der Waals surface area contributed by atoms with Crippen molar-refractivity contribution in [3.63, 3.8) is 0 Å². The van der Waals surface area contributed by atoms with E-state index in [4.69, 9.17) is 26.0 Å². The molecule has 1 aromatic heterocycles. The summed E-state index contributed by atoms with van der Waals surface area (Å²) >= 11 is 0. The molecule has 2 aromatic rings. The zero-order chi connectivity index (χ0) is 30.8. The Kier molecular flexibility index (Phi) is 8.85. The second-order valence-corrected chi connectivity index (χ2v) is 12.5. The summed E-state index contributed by atoms with van der Waals surface area (Å²) in [5.41, 5.74) is 3.28. The first kappa shape index (κ1) is 30.4. The van der Waals surface area contributed by atoms with Gasteiger partial charge in [0, 0.05) is 63.0 Å². The summed E-state index contributed by atoms with van der Waals surface area (Å²) in [6.07, 6.45) is 7.67. The first-order valence-electron chi connectivity index (χ1n) is 15.6. The van der Waals surface area contributed by atoms with E-state index in [0.717, 1.165) is 60.4 Å². The maximum absolute atomic E-state index is 15.4. The number of aryl methyl sites for hydroxylation is 1. The highest BCUT2D eigenvalue weighted by Crippen LogP contribution is 2.49. The van der Waals surface area contributed by atoms with E-state index in [9.17, 15) is 4.79 Å². The Morgan fingerprint density at radius 1 is 1.23 bits per heavy atom. The highest BCUT2D eigenvalue weighted by atomic mass is 19.1. The molecule has 0 radical (unpaired) electrons. The van der Waals surface area contributed by atoms with Gasteiger partial charge in [-0.1, -0.05) is 18.2 Å². The Labute approximate surface area is 259 Å². The van der Waals surface area contributed by atoms with Gasteiger partial charge in [-0.25, -0.2) is 11.0 Å². The molecule has 10 nitrogen and oxygen atoms in total. The maximum atomic E-state index is 15.4. The zero-order valence-corrected chi connectivity index (χ0v) is 26.0. The summed E-state index contributed by atoms with van der Waals surface area (Å²) in [5.74, 6) is 0.510. The summed E-state index contributed by atoms with van der Waals surface area (Å²) in [6, 6.07) is 5.77. The van der Waals surface area contributed by atoms with E-state index in [1.54, 1.807) is 30.2 Å². The number of hydrogen-bond acceptors (Lipinski definition) is 8. The van der Waals surface area contributed by atoms with Crippen LogP contribution in [0.25, 0.3) is 4.85 Å². The number of carbonyl (C=O) groups is 1. The minimum absolute atomic E-state index is 0.117. The van der Waals surface area contributed by atoms with Crippen LogP contribution >= 0.6 is 0 Å². The minimum atomic E-state index is -0.478. The molecule has 1 aliphatic carbocycles. The molecule has 1 spiro atoms. The largest absolute Gasteiger partial charge is 0.462 e. The van der Waals surface area contributed by atoms with Gasteiger partial charge in [-0.3, -0.25) is 9.69 Å². The van der Waals surface area contributed by atoms with Crippen molar-refractivity contribution in [2.45, 2.75) is 56.3 Å². The molecule has 4 aliphatic rings. The third-order valence-corrected chi connectivity index (χ3v) is 9.98. The average Bonchev–Trinajstić information content (AvgIpc) is 3.60. The number of likely N-dealkylation sites (N-methyl/N-ethyl adjacent to an activating group) is 2. The van der Waals surface area contributed by atoms with Gasteiger partial charge in [-0.15, -0.1) is 0 Å². The van der Waals surface area contributed by atoms with Crippen LogP contribution in [-0.2, 0) is 34.5 Å². The number of anilines is 1. The molecule has 2 saturated heterocycles. The Morgan fingerprint density at radius 3 is 2.86 bits per heavy atom. The summed E-state index contributed by atoms with van der Waals surface area (Å²) in [6.45, 7) is 11.8. The van der Waals surface area contributed by atoms with Crippen molar-refractivity contribution >= 4 is 11.7 Å². The maximum Gasteiger partial charge on any atom is 0.318 e. The number of ether oxygens (including phenoxy) is 2. The monoisotopic (exact) mass is 603 g/mol. The Balaban J connectivity index is 1.34. The lowest BCUT2D eigenvalue weighted by molar-refractivity contribution is -0.128. The van der Waals surface area contributed by atoms with E-state index in [2.05, 4.69) is 33.6 Å². The number of aromatic nitrogens is 2. The Morgan fingerprint density at radius 2 is 2.09 bits per heavy atom. The molecule has 11 heteroatoms. The molecule has 1 amide bonds. The second-order valence-electron chi connectivity index (χ2n) is 12.5. The van der Waals surface area contributed by atoms with Crippen LogP contribution in [0.1, 0.15) is 41.6 Å². The molecule has 0 bridgehead atoms. The van der Waals surface area contributed by atoms with Crippen LogP contribution in [0.3, 0.4) is 0 Å². The van der Waals surface area contributed by atoms with E-state index in [1.165, 1.54) is 6.08 Å². The molecule has 3 atom stereocenters. The summed E-state index contributed by atoms with van der Waals surface area (Å²) in [7, 11) is 5.77. The van der Waals surface area contributed by atoms with Gasteiger partial charge >= 0.3 is 6.01 Å². The molecular weight excluding hydrogens is 561 g/mol. The number of amides is 1. The van der Waals surface area contributed by atoms with E-state index < -0.39 is 5.54 Å². The predicted octanol–water partition coefficient (Wildman–Crippen LogP) is 3.06. The van der Waals surface area contributed by atoms with Crippen molar-refractivity contribution < 1.29 is 18.7 Å². The number of carbonyl (C=O) groups excluding carboxylic acids is 1. The van der Waals surface area contributed by atoms with Gasteiger partial charge in [0.05, 0.1) is 17.8 Å². The molecular formula is C33H42FN7O3. The number of methoxy groups -OCH3 is 1. The molecule has 234 valence electrons. The predicted molar refractivity (Wildman–Crippen MR) is 165 cm³/mol. The van der Waals surface area contributed by atoms with Gasteiger partial charge in [0.15, 0.2) is 0 Å². The quantitative estimate of drug-likeness (QED) is 0.337. The molecule has 44 heavy (non-hydrogen) atoms. The number of piperazine rings is 1. The average molecular weight is 604 g/mol. The van der Waals surface area contributed by atoms with Crippen molar-refractivity contribution in [1.29, 1.82) is 0 Å². The van der Waals surface area contributed by atoms with Gasteiger partial charge < -0.3 is 29.0 Å². The van der Waals surface area contributed by atoms with Gasteiger partial charge in [-0.2, -0.15) is 9.97 Å². The number of halogens is 1. The number of hydrogen-bond donors (Lipinski definition) is 0. The Bertz CT molecular complexity index is 1460. The molecule has 4 heterocycles. The number of nitrogens with zero attached hydrogens (tertiary/aromatic N) is 7. The summed E-state index contributed by atoms with van der Waals surface area (Å²) in [5, 5.41) is 0. The van der Waals surface area contributed by atoms with Crippen molar-refractivity contribution in [3.8, 4) is 6.01 Å². The highest BCUT2D eigenvalue weighted by Gasteiger charge is 2.48. The first-order valence-corrected chi connectivity index (χ1v) is 15.6. The van der Waals surface area contributed by atoms with Crippen LogP contribution in [0.5, 0.6) is 6.01 Å². The number of rotatable bonds is 8. The van der Waals surface area contributed by atoms with Gasteiger partial charge in [0.1, 0.15) is 24.3 Å². The third kappa shape index (κ3) is 5.67. The van der Waals surface area contributed by atoms with Crippen LogP contribution in [-0.4, -0.2) is 110 Å². The van der Waals surface area contributed by atoms with E-state index in [-0.39, 0.29) is 24.3 Å². The molecule has 0 saturated carbocycles. The first-order chi connectivity index (χ1) is 21.3. The van der Waals surface area contributed by atoms with Crippen molar-refractivity contribution in [3.05, 3.63) is 70.0 Å². The van der Waals surface area contributed by atoms with Crippen LogP contribution in [0.4, 0.5) is 10.2 Å². The van der Waals surface area contributed by atoms with Crippen molar-refractivity contribution in [1.82, 2.24) is 24.7 Å². The normalized spacial score (nSPS) is 25.4.